The number of carbonyl (C=O) groups excluding carboxylic acids is 1. The van der Waals surface area contributed by atoms with Gasteiger partial charge in [-0.3, -0.25) is 4.79 Å². The number of hydrogen-bond donors (Lipinski definition) is 0. The molecule has 2 aromatic carbocycles. The molecule has 1 aliphatic rings. The second kappa shape index (κ2) is 8.52. The van der Waals surface area contributed by atoms with Gasteiger partial charge in [0.05, 0.1) is 20.3 Å². The Morgan fingerprint density at radius 2 is 1.75 bits per heavy atom. The van der Waals surface area contributed by atoms with E-state index in [4.69, 9.17) is 14.2 Å². The highest BCUT2D eigenvalue weighted by atomic mass is 19.4. The normalized spacial score (nSPS) is 18.4. The van der Waals surface area contributed by atoms with Crippen LogP contribution in [0.4, 0.5) is 13.2 Å². The number of amides is 1. The Morgan fingerprint density at radius 3 is 2.39 bits per heavy atom. The number of morpholine rings is 1. The van der Waals surface area contributed by atoms with Crippen LogP contribution in [0.25, 0.3) is 0 Å². The highest BCUT2D eigenvalue weighted by Gasteiger charge is 2.45. The molecular formula is C20H20F3NO4. The summed E-state index contributed by atoms with van der Waals surface area (Å²) in [6.07, 6.45) is -6.41. The molecular weight excluding hydrogens is 375 g/mol. The van der Waals surface area contributed by atoms with Crippen molar-refractivity contribution in [3.63, 3.8) is 0 Å². The lowest BCUT2D eigenvalue weighted by Crippen LogP contribution is -2.52. The van der Waals surface area contributed by atoms with Gasteiger partial charge in [0.15, 0.2) is 17.6 Å². The lowest BCUT2D eigenvalue weighted by molar-refractivity contribution is -0.193. The first-order valence-electron chi connectivity index (χ1n) is 8.72. The van der Waals surface area contributed by atoms with Gasteiger partial charge in [0.25, 0.3) is 0 Å². The molecule has 2 atom stereocenters. The standard InChI is InChI=1S/C20H20F3NO4/c1-26-15-9-5-6-10-16(15)28-18(14-7-3-2-4-8-14)17-13-24(11-12-27-17)19(25)20(21,22)23/h2-10,17-18H,11-13H2,1H3. The van der Waals surface area contributed by atoms with E-state index in [-0.39, 0.29) is 19.7 Å². The molecule has 0 saturated carbocycles. The predicted molar refractivity (Wildman–Crippen MR) is 95.2 cm³/mol. The van der Waals surface area contributed by atoms with Gasteiger partial charge in [0.2, 0.25) is 0 Å². The molecule has 2 unspecified atom stereocenters. The highest BCUT2D eigenvalue weighted by Crippen LogP contribution is 2.34. The first-order chi connectivity index (χ1) is 13.4. The van der Waals surface area contributed by atoms with Crippen LogP contribution < -0.4 is 9.47 Å². The topological polar surface area (TPSA) is 48.0 Å². The van der Waals surface area contributed by atoms with Gasteiger partial charge in [-0.2, -0.15) is 13.2 Å². The van der Waals surface area contributed by atoms with Crippen LogP contribution in [0.5, 0.6) is 11.5 Å². The zero-order chi connectivity index (χ0) is 20.1. The number of benzene rings is 2. The number of halogens is 3. The number of rotatable bonds is 5. The first-order valence-corrected chi connectivity index (χ1v) is 8.72. The third kappa shape index (κ3) is 4.56. The Bertz CT molecular complexity index is 798. The molecule has 0 aromatic heterocycles. The van der Waals surface area contributed by atoms with E-state index < -0.39 is 24.3 Å². The van der Waals surface area contributed by atoms with Crippen molar-refractivity contribution in [2.24, 2.45) is 0 Å². The average molecular weight is 395 g/mol. The van der Waals surface area contributed by atoms with Crippen molar-refractivity contribution in [1.82, 2.24) is 4.90 Å². The number of nitrogens with zero attached hydrogens (tertiary/aromatic N) is 1. The monoisotopic (exact) mass is 395 g/mol. The summed E-state index contributed by atoms with van der Waals surface area (Å²) in [6.45, 7) is -0.358. The van der Waals surface area contributed by atoms with Crippen molar-refractivity contribution in [3.8, 4) is 11.5 Å². The lowest BCUT2D eigenvalue weighted by Gasteiger charge is -2.37. The van der Waals surface area contributed by atoms with Crippen LogP contribution in [0, 0.1) is 0 Å². The van der Waals surface area contributed by atoms with E-state index in [0.717, 1.165) is 10.5 Å². The second-order valence-corrected chi connectivity index (χ2v) is 6.26. The quantitative estimate of drug-likeness (QED) is 0.776. The minimum Gasteiger partial charge on any atom is -0.493 e. The van der Waals surface area contributed by atoms with E-state index in [9.17, 15) is 18.0 Å². The Labute approximate surface area is 160 Å². The summed E-state index contributed by atoms with van der Waals surface area (Å²) >= 11 is 0. The molecule has 1 amide bonds. The van der Waals surface area contributed by atoms with E-state index in [0.29, 0.717) is 11.5 Å². The maximum absolute atomic E-state index is 12.9. The van der Waals surface area contributed by atoms with E-state index in [1.54, 1.807) is 48.5 Å². The van der Waals surface area contributed by atoms with Gasteiger partial charge in [-0.05, 0) is 17.7 Å². The number of alkyl halides is 3. The van der Waals surface area contributed by atoms with Crippen LogP contribution in [-0.2, 0) is 9.53 Å². The summed E-state index contributed by atoms with van der Waals surface area (Å²) in [5, 5.41) is 0. The fourth-order valence-corrected chi connectivity index (χ4v) is 3.08. The summed E-state index contributed by atoms with van der Waals surface area (Å²) in [4.78, 5) is 12.4. The number of carbonyl (C=O) groups is 1. The molecule has 0 spiro atoms. The smallest absolute Gasteiger partial charge is 0.471 e. The van der Waals surface area contributed by atoms with E-state index in [1.165, 1.54) is 7.11 Å². The molecule has 1 fully saturated rings. The molecule has 5 nitrogen and oxygen atoms in total. The van der Waals surface area contributed by atoms with Crippen LogP contribution in [0.3, 0.4) is 0 Å². The van der Waals surface area contributed by atoms with Gasteiger partial charge >= 0.3 is 12.1 Å². The molecule has 150 valence electrons. The molecule has 28 heavy (non-hydrogen) atoms. The number of hydrogen-bond acceptors (Lipinski definition) is 4. The van der Waals surface area contributed by atoms with Crippen molar-refractivity contribution in [3.05, 3.63) is 60.2 Å². The highest BCUT2D eigenvalue weighted by molar-refractivity contribution is 5.82. The molecule has 0 aliphatic carbocycles. The lowest BCUT2D eigenvalue weighted by atomic mass is 10.0. The molecule has 1 heterocycles. The van der Waals surface area contributed by atoms with Crippen LogP contribution in [0.15, 0.2) is 54.6 Å². The SMILES string of the molecule is COc1ccccc1OC(c1ccccc1)C1CN(C(=O)C(F)(F)F)CCO1. The predicted octanol–water partition coefficient (Wildman–Crippen LogP) is 3.61. The third-order valence-electron chi connectivity index (χ3n) is 4.41. The maximum atomic E-state index is 12.9. The van der Waals surface area contributed by atoms with Crippen LogP contribution >= 0.6 is 0 Å². The van der Waals surface area contributed by atoms with E-state index in [1.807, 2.05) is 6.07 Å². The number of methoxy groups -OCH3 is 1. The Hall–Kier alpha value is -2.74. The Balaban J connectivity index is 1.88. The van der Waals surface area contributed by atoms with Crippen LogP contribution in [0.2, 0.25) is 0 Å². The molecule has 3 rings (SSSR count). The molecule has 0 N–H and O–H groups in total. The summed E-state index contributed by atoms with van der Waals surface area (Å²) in [6, 6.07) is 16.0. The van der Waals surface area contributed by atoms with Gasteiger partial charge in [0.1, 0.15) is 6.10 Å². The average Bonchev–Trinajstić information content (AvgIpc) is 2.71. The van der Waals surface area contributed by atoms with Gasteiger partial charge in [-0.1, -0.05) is 42.5 Å². The second-order valence-electron chi connectivity index (χ2n) is 6.26. The fourth-order valence-electron chi connectivity index (χ4n) is 3.08. The van der Waals surface area contributed by atoms with Crippen molar-refractivity contribution >= 4 is 5.91 Å². The summed E-state index contributed by atoms with van der Waals surface area (Å²) < 4.78 is 55.7. The molecule has 0 bridgehead atoms. The van der Waals surface area contributed by atoms with E-state index >= 15 is 0 Å². The molecule has 2 aromatic rings. The molecule has 1 saturated heterocycles. The van der Waals surface area contributed by atoms with Crippen molar-refractivity contribution in [1.29, 1.82) is 0 Å². The summed E-state index contributed by atoms with van der Waals surface area (Å²) in [5.41, 5.74) is 0.722. The van der Waals surface area contributed by atoms with Gasteiger partial charge in [0, 0.05) is 6.54 Å². The number of para-hydroxylation sites is 2. The van der Waals surface area contributed by atoms with Gasteiger partial charge in [-0.25, -0.2) is 0 Å². The molecule has 1 aliphatic heterocycles. The minimum atomic E-state index is -4.92. The maximum Gasteiger partial charge on any atom is 0.471 e. The first kappa shape index (κ1) is 20.0. The Morgan fingerprint density at radius 1 is 1.11 bits per heavy atom. The number of ether oxygens (including phenoxy) is 3. The minimum absolute atomic E-state index is 0.00882. The van der Waals surface area contributed by atoms with E-state index in [2.05, 4.69) is 0 Å². The van der Waals surface area contributed by atoms with Gasteiger partial charge in [-0.15, -0.1) is 0 Å². The largest absolute Gasteiger partial charge is 0.493 e. The van der Waals surface area contributed by atoms with Crippen molar-refractivity contribution in [2.75, 3.05) is 26.8 Å². The summed E-state index contributed by atoms with van der Waals surface area (Å²) in [7, 11) is 1.50. The molecule has 0 radical (unpaired) electrons. The zero-order valence-corrected chi connectivity index (χ0v) is 15.2. The third-order valence-corrected chi connectivity index (χ3v) is 4.41. The van der Waals surface area contributed by atoms with Crippen molar-refractivity contribution < 1.29 is 32.2 Å². The van der Waals surface area contributed by atoms with Crippen LogP contribution in [-0.4, -0.2) is 49.9 Å². The molecule has 8 heteroatoms. The summed E-state index contributed by atoms with van der Waals surface area (Å²) in [5.74, 6) is -0.950. The fraction of sp³-hybridized carbons (Fsp3) is 0.350. The zero-order valence-electron chi connectivity index (χ0n) is 15.2. The van der Waals surface area contributed by atoms with Crippen molar-refractivity contribution in [2.45, 2.75) is 18.4 Å². The Kier molecular flexibility index (Phi) is 6.08. The van der Waals surface area contributed by atoms with Crippen LogP contribution in [0.1, 0.15) is 11.7 Å². The van der Waals surface area contributed by atoms with Gasteiger partial charge < -0.3 is 19.1 Å².